The third-order valence-corrected chi connectivity index (χ3v) is 4.47. The van der Waals surface area contributed by atoms with Crippen LogP contribution in [-0.4, -0.2) is 30.1 Å². The number of furan rings is 1. The third kappa shape index (κ3) is 3.07. The third-order valence-electron chi connectivity index (χ3n) is 4.47. The lowest BCUT2D eigenvalue weighted by atomic mass is 9.85. The van der Waals surface area contributed by atoms with E-state index < -0.39 is 5.97 Å². The Morgan fingerprint density at radius 2 is 2.00 bits per heavy atom. The molecular weight excluding hydrogens is 334 g/mol. The molecule has 6 heteroatoms. The second-order valence-electron chi connectivity index (χ2n) is 7.32. The molecule has 0 saturated heterocycles. The van der Waals surface area contributed by atoms with Crippen LogP contribution in [0.4, 0.5) is 5.69 Å². The largest absolute Gasteiger partial charge is 0.489 e. The first-order valence-corrected chi connectivity index (χ1v) is 8.68. The Labute approximate surface area is 152 Å². The van der Waals surface area contributed by atoms with Crippen molar-refractivity contribution in [2.45, 2.75) is 39.5 Å². The minimum atomic E-state index is -1.10. The lowest BCUT2D eigenvalue weighted by molar-refractivity contribution is 0.0694. The number of aryl methyl sites for hydroxylation is 1. The minimum Gasteiger partial charge on any atom is -0.489 e. The Morgan fingerprint density at radius 3 is 2.58 bits per heavy atom. The average molecular weight is 357 g/mol. The molecule has 1 aromatic heterocycles. The molecule has 0 unspecified atom stereocenters. The molecule has 0 saturated carbocycles. The monoisotopic (exact) mass is 357 g/mol. The van der Waals surface area contributed by atoms with E-state index in [1.54, 1.807) is 11.8 Å². The summed E-state index contributed by atoms with van der Waals surface area (Å²) in [5.41, 5.74) is 1.61. The molecule has 1 aromatic carbocycles. The first-order valence-electron chi connectivity index (χ1n) is 8.68. The highest BCUT2D eigenvalue weighted by atomic mass is 16.5. The molecule has 26 heavy (non-hydrogen) atoms. The van der Waals surface area contributed by atoms with Crippen molar-refractivity contribution in [3.8, 4) is 5.75 Å². The van der Waals surface area contributed by atoms with Crippen LogP contribution in [0, 0.1) is 0 Å². The van der Waals surface area contributed by atoms with Gasteiger partial charge in [0.05, 0.1) is 12.2 Å². The Morgan fingerprint density at radius 1 is 1.27 bits per heavy atom. The van der Waals surface area contributed by atoms with Gasteiger partial charge in [0.1, 0.15) is 23.7 Å². The lowest BCUT2D eigenvalue weighted by Crippen LogP contribution is -2.38. The molecule has 2 heterocycles. The summed E-state index contributed by atoms with van der Waals surface area (Å²) in [5.74, 6) is -0.420. The van der Waals surface area contributed by atoms with Gasteiger partial charge in [0.15, 0.2) is 5.76 Å². The number of amides is 1. The number of para-hydroxylation sites is 1. The van der Waals surface area contributed by atoms with Gasteiger partial charge in [-0.3, -0.25) is 9.69 Å². The second-order valence-corrected chi connectivity index (χ2v) is 7.32. The van der Waals surface area contributed by atoms with Gasteiger partial charge in [0.2, 0.25) is 0 Å². The summed E-state index contributed by atoms with van der Waals surface area (Å²) in [6, 6.07) is 7.05. The van der Waals surface area contributed by atoms with E-state index in [4.69, 9.17) is 9.15 Å². The van der Waals surface area contributed by atoms with Crippen molar-refractivity contribution >= 4 is 17.6 Å². The van der Waals surface area contributed by atoms with Crippen molar-refractivity contribution in [1.29, 1.82) is 0 Å². The van der Waals surface area contributed by atoms with E-state index in [0.717, 1.165) is 5.56 Å². The molecule has 2 aromatic rings. The number of hydrogen-bond donors (Lipinski definition) is 1. The van der Waals surface area contributed by atoms with Gasteiger partial charge < -0.3 is 14.3 Å². The van der Waals surface area contributed by atoms with Gasteiger partial charge in [0.25, 0.3) is 5.91 Å². The fourth-order valence-electron chi connectivity index (χ4n) is 3.16. The minimum absolute atomic E-state index is 0.0350. The number of aromatic carboxylic acids is 1. The number of carboxylic acid groups (broad SMARTS) is 1. The van der Waals surface area contributed by atoms with Crippen molar-refractivity contribution < 1.29 is 23.8 Å². The predicted molar refractivity (Wildman–Crippen MR) is 97.4 cm³/mol. The molecule has 0 radical (unpaired) electrons. The summed E-state index contributed by atoms with van der Waals surface area (Å²) in [6.45, 7) is 8.81. The van der Waals surface area contributed by atoms with Crippen LogP contribution >= 0.6 is 0 Å². The summed E-state index contributed by atoms with van der Waals surface area (Å²) in [7, 11) is 0. The number of anilines is 1. The highest BCUT2D eigenvalue weighted by molar-refractivity contribution is 6.06. The van der Waals surface area contributed by atoms with Crippen molar-refractivity contribution in [2.75, 3.05) is 18.1 Å². The molecule has 1 aliphatic rings. The van der Waals surface area contributed by atoms with Crippen LogP contribution < -0.4 is 9.64 Å². The Kier molecular flexibility index (Phi) is 4.52. The van der Waals surface area contributed by atoms with Crippen molar-refractivity contribution in [2.24, 2.45) is 0 Å². The van der Waals surface area contributed by atoms with Crippen LogP contribution in [0.2, 0.25) is 0 Å². The number of carbonyl (C=O) groups excluding carboxylic acids is 1. The maximum Gasteiger partial charge on any atom is 0.339 e. The van der Waals surface area contributed by atoms with E-state index in [9.17, 15) is 14.7 Å². The van der Waals surface area contributed by atoms with Crippen LogP contribution in [0.15, 0.2) is 28.7 Å². The molecule has 1 N–H and O–H groups in total. The Hall–Kier alpha value is -2.76. The van der Waals surface area contributed by atoms with Gasteiger partial charge in [-0.2, -0.15) is 0 Å². The smallest absolute Gasteiger partial charge is 0.339 e. The van der Waals surface area contributed by atoms with Gasteiger partial charge in [-0.25, -0.2) is 4.79 Å². The Balaban J connectivity index is 2.03. The molecule has 0 atom stereocenters. The number of ether oxygens (including phenoxy) is 1. The fourth-order valence-corrected chi connectivity index (χ4v) is 3.16. The van der Waals surface area contributed by atoms with Gasteiger partial charge >= 0.3 is 5.97 Å². The zero-order chi connectivity index (χ0) is 19.1. The summed E-state index contributed by atoms with van der Waals surface area (Å²) in [4.78, 5) is 25.9. The number of nitrogens with zero attached hydrogens (tertiary/aromatic N) is 1. The normalized spacial score (nSPS) is 13.9. The average Bonchev–Trinajstić information content (AvgIpc) is 3.04. The van der Waals surface area contributed by atoms with Gasteiger partial charge in [-0.1, -0.05) is 39.8 Å². The predicted octanol–water partition coefficient (Wildman–Crippen LogP) is 3.88. The van der Waals surface area contributed by atoms with E-state index in [0.29, 0.717) is 36.8 Å². The summed E-state index contributed by atoms with van der Waals surface area (Å²) >= 11 is 0. The number of hydrogen-bond acceptors (Lipinski definition) is 4. The number of carbonyl (C=O) groups is 2. The molecule has 138 valence electrons. The number of rotatable bonds is 3. The number of benzene rings is 1. The molecule has 3 rings (SSSR count). The lowest BCUT2D eigenvalue weighted by Gasteiger charge is -2.33. The van der Waals surface area contributed by atoms with Gasteiger partial charge in [-0.15, -0.1) is 0 Å². The van der Waals surface area contributed by atoms with E-state index in [2.05, 4.69) is 20.8 Å². The van der Waals surface area contributed by atoms with Gasteiger partial charge in [0, 0.05) is 18.1 Å². The molecule has 1 aliphatic heterocycles. The first-order chi connectivity index (χ1) is 12.2. The molecule has 0 fully saturated rings. The standard InChI is InChI=1S/C20H23NO5/c1-5-15-12(19(23)24)11-16(26-15)18(22)21-9-10-25-17-13(20(2,3)4)7-6-8-14(17)21/h6-8,11H,5,9-10H2,1-4H3,(H,23,24). The van der Waals surface area contributed by atoms with Crippen LogP contribution in [0.5, 0.6) is 5.75 Å². The molecule has 0 spiro atoms. The molecule has 0 aliphatic carbocycles. The van der Waals surface area contributed by atoms with Crippen molar-refractivity contribution in [3.63, 3.8) is 0 Å². The van der Waals surface area contributed by atoms with E-state index in [-0.39, 0.29) is 22.6 Å². The number of carboxylic acids is 1. The molecule has 6 nitrogen and oxygen atoms in total. The van der Waals surface area contributed by atoms with Crippen molar-refractivity contribution in [3.05, 3.63) is 46.9 Å². The van der Waals surface area contributed by atoms with Crippen LogP contribution in [0.25, 0.3) is 0 Å². The van der Waals surface area contributed by atoms with Gasteiger partial charge in [-0.05, 0) is 11.5 Å². The number of fused-ring (bicyclic) bond motifs is 1. The van der Waals surface area contributed by atoms with E-state index in [1.165, 1.54) is 6.07 Å². The fraction of sp³-hybridized carbons (Fsp3) is 0.400. The van der Waals surface area contributed by atoms with Crippen molar-refractivity contribution in [1.82, 2.24) is 0 Å². The summed E-state index contributed by atoms with van der Waals surface area (Å²) < 4.78 is 11.4. The summed E-state index contributed by atoms with van der Waals surface area (Å²) in [5, 5.41) is 9.28. The highest BCUT2D eigenvalue weighted by Crippen LogP contribution is 2.41. The highest BCUT2D eigenvalue weighted by Gasteiger charge is 2.32. The molecular formula is C20H23NO5. The molecule has 0 bridgehead atoms. The maximum absolute atomic E-state index is 13.0. The van der Waals surface area contributed by atoms with Crippen LogP contribution in [-0.2, 0) is 11.8 Å². The quantitative estimate of drug-likeness (QED) is 0.902. The first kappa shape index (κ1) is 18.0. The zero-order valence-corrected chi connectivity index (χ0v) is 15.5. The molecule has 1 amide bonds. The maximum atomic E-state index is 13.0. The topological polar surface area (TPSA) is 80.0 Å². The van der Waals surface area contributed by atoms with Crippen LogP contribution in [0.1, 0.15) is 59.9 Å². The van der Waals surface area contributed by atoms with E-state index in [1.807, 2.05) is 18.2 Å². The Bertz CT molecular complexity index is 860. The summed E-state index contributed by atoms with van der Waals surface area (Å²) in [6.07, 6.45) is 0.406. The van der Waals surface area contributed by atoms with Crippen LogP contribution in [0.3, 0.4) is 0 Å². The SMILES string of the molecule is CCc1oc(C(=O)N2CCOc3c2cccc3C(C)(C)C)cc1C(=O)O. The van der Waals surface area contributed by atoms with E-state index >= 15 is 0 Å². The second kappa shape index (κ2) is 6.52. The zero-order valence-electron chi connectivity index (χ0n) is 15.5.